The number of pyridine rings is 1. The Labute approximate surface area is 108 Å². The third kappa shape index (κ3) is 2.78. The molecule has 0 bridgehead atoms. The van der Waals surface area contributed by atoms with Gasteiger partial charge in [-0.2, -0.15) is 0 Å². The lowest BCUT2D eigenvalue weighted by Crippen LogP contribution is -2.25. The quantitative estimate of drug-likeness (QED) is 0.924. The first-order chi connectivity index (χ1) is 8.99. The standard InChI is InChI=1S/C13H12F2N2O2/c1-17(7-11(14)15)12-9-5-3-2-4-8(9)6-10(16-12)13(18)19/h2-6,11H,7H2,1H3,(H,18,19). The topological polar surface area (TPSA) is 53.4 Å². The molecule has 0 saturated heterocycles. The van der Waals surface area contributed by atoms with E-state index in [9.17, 15) is 13.6 Å². The van der Waals surface area contributed by atoms with Crippen molar-refractivity contribution in [2.24, 2.45) is 0 Å². The molecule has 0 aliphatic heterocycles. The van der Waals surface area contributed by atoms with E-state index in [1.807, 2.05) is 0 Å². The maximum Gasteiger partial charge on any atom is 0.354 e. The summed E-state index contributed by atoms with van der Waals surface area (Å²) < 4.78 is 24.9. The molecule has 0 spiro atoms. The second-order valence-electron chi connectivity index (χ2n) is 4.13. The summed E-state index contributed by atoms with van der Waals surface area (Å²) in [5, 5.41) is 10.3. The normalized spacial score (nSPS) is 10.9. The average molecular weight is 266 g/mol. The Morgan fingerprint density at radius 1 is 1.42 bits per heavy atom. The van der Waals surface area contributed by atoms with E-state index in [4.69, 9.17) is 5.11 Å². The molecular formula is C13H12F2N2O2. The van der Waals surface area contributed by atoms with Crippen molar-refractivity contribution < 1.29 is 18.7 Å². The molecule has 0 saturated carbocycles. The Morgan fingerprint density at radius 3 is 2.74 bits per heavy atom. The lowest BCUT2D eigenvalue weighted by Gasteiger charge is -2.19. The third-order valence-corrected chi connectivity index (χ3v) is 2.71. The highest BCUT2D eigenvalue weighted by atomic mass is 19.3. The van der Waals surface area contributed by atoms with E-state index in [0.29, 0.717) is 10.8 Å². The van der Waals surface area contributed by atoms with E-state index in [2.05, 4.69) is 4.98 Å². The third-order valence-electron chi connectivity index (χ3n) is 2.71. The predicted octanol–water partition coefficient (Wildman–Crippen LogP) is 2.63. The van der Waals surface area contributed by atoms with Gasteiger partial charge in [-0.05, 0) is 11.5 Å². The number of alkyl halides is 2. The first-order valence-electron chi connectivity index (χ1n) is 5.61. The number of benzene rings is 1. The Hall–Kier alpha value is -2.24. The van der Waals surface area contributed by atoms with Gasteiger partial charge in [-0.3, -0.25) is 0 Å². The van der Waals surface area contributed by atoms with Crippen molar-refractivity contribution in [1.29, 1.82) is 0 Å². The Balaban J connectivity index is 2.59. The number of aromatic carboxylic acids is 1. The number of carboxylic acid groups (broad SMARTS) is 1. The number of carboxylic acids is 1. The van der Waals surface area contributed by atoms with Crippen LogP contribution in [0.1, 0.15) is 10.5 Å². The van der Waals surface area contributed by atoms with E-state index in [1.165, 1.54) is 18.0 Å². The monoisotopic (exact) mass is 266 g/mol. The average Bonchev–Trinajstić information content (AvgIpc) is 2.36. The van der Waals surface area contributed by atoms with Gasteiger partial charge in [0.25, 0.3) is 6.43 Å². The fourth-order valence-electron chi connectivity index (χ4n) is 1.87. The van der Waals surface area contributed by atoms with Crippen molar-refractivity contribution in [3.8, 4) is 0 Å². The zero-order valence-corrected chi connectivity index (χ0v) is 10.2. The minimum absolute atomic E-state index is 0.158. The minimum Gasteiger partial charge on any atom is -0.477 e. The summed E-state index contributed by atoms with van der Waals surface area (Å²) in [6, 6.07) is 8.39. The first-order valence-corrected chi connectivity index (χ1v) is 5.61. The molecule has 4 nitrogen and oxygen atoms in total. The van der Waals surface area contributed by atoms with Crippen LogP contribution in [0.25, 0.3) is 10.8 Å². The van der Waals surface area contributed by atoms with Crippen LogP contribution in [0.15, 0.2) is 30.3 Å². The van der Waals surface area contributed by atoms with Crippen LogP contribution in [-0.2, 0) is 0 Å². The fourth-order valence-corrected chi connectivity index (χ4v) is 1.87. The molecule has 100 valence electrons. The number of hydrogen-bond donors (Lipinski definition) is 1. The first kappa shape index (κ1) is 13.2. The van der Waals surface area contributed by atoms with Gasteiger partial charge in [0.1, 0.15) is 5.82 Å². The van der Waals surface area contributed by atoms with Crippen LogP contribution < -0.4 is 4.90 Å². The number of hydrogen-bond acceptors (Lipinski definition) is 3. The lowest BCUT2D eigenvalue weighted by atomic mass is 10.1. The number of aromatic nitrogens is 1. The number of halogens is 2. The van der Waals surface area contributed by atoms with Crippen molar-refractivity contribution >= 4 is 22.6 Å². The number of nitrogens with zero attached hydrogens (tertiary/aromatic N) is 2. The van der Waals surface area contributed by atoms with Gasteiger partial charge in [-0.25, -0.2) is 18.6 Å². The molecule has 0 amide bonds. The van der Waals surface area contributed by atoms with Crippen molar-refractivity contribution in [3.63, 3.8) is 0 Å². The highest BCUT2D eigenvalue weighted by Gasteiger charge is 2.16. The zero-order valence-electron chi connectivity index (χ0n) is 10.2. The molecule has 0 aliphatic carbocycles. The van der Waals surface area contributed by atoms with Gasteiger partial charge < -0.3 is 10.0 Å². The van der Waals surface area contributed by atoms with Gasteiger partial charge in [0, 0.05) is 12.4 Å². The van der Waals surface area contributed by atoms with Crippen LogP contribution in [0.3, 0.4) is 0 Å². The molecule has 2 aromatic rings. The summed E-state index contributed by atoms with van der Waals surface area (Å²) in [7, 11) is 1.46. The number of fused-ring (bicyclic) bond motifs is 1. The Bertz CT molecular complexity index is 617. The van der Waals surface area contributed by atoms with Crippen molar-refractivity contribution in [1.82, 2.24) is 4.98 Å². The Kier molecular flexibility index (Phi) is 3.59. The van der Waals surface area contributed by atoms with Crippen LogP contribution in [0, 0.1) is 0 Å². The molecule has 1 heterocycles. The van der Waals surface area contributed by atoms with Gasteiger partial charge in [0.05, 0.1) is 6.54 Å². The zero-order chi connectivity index (χ0) is 14.0. The molecular weight excluding hydrogens is 254 g/mol. The van der Waals surface area contributed by atoms with Crippen LogP contribution in [0.5, 0.6) is 0 Å². The molecule has 0 unspecified atom stereocenters. The molecule has 0 aliphatic rings. The summed E-state index contributed by atoms with van der Waals surface area (Å²) in [6.45, 7) is -0.500. The molecule has 2 rings (SSSR count). The van der Waals surface area contributed by atoms with Crippen molar-refractivity contribution in [2.45, 2.75) is 6.43 Å². The second-order valence-corrected chi connectivity index (χ2v) is 4.13. The van der Waals surface area contributed by atoms with Gasteiger partial charge >= 0.3 is 5.97 Å². The minimum atomic E-state index is -2.51. The number of rotatable bonds is 4. The molecule has 0 atom stereocenters. The maximum atomic E-state index is 12.4. The molecule has 19 heavy (non-hydrogen) atoms. The van der Waals surface area contributed by atoms with E-state index >= 15 is 0 Å². The largest absolute Gasteiger partial charge is 0.477 e. The van der Waals surface area contributed by atoms with Gasteiger partial charge in [-0.1, -0.05) is 24.3 Å². The van der Waals surface area contributed by atoms with E-state index in [-0.39, 0.29) is 11.5 Å². The molecule has 1 aromatic heterocycles. The highest BCUT2D eigenvalue weighted by Crippen LogP contribution is 2.25. The summed E-state index contributed by atoms with van der Waals surface area (Å²) in [5.74, 6) is -0.937. The summed E-state index contributed by atoms with van der Waals surface area (Å²) in [5.41, 5.74) is -0.158. The van der Waals surface area contributed by atoms with E-state index < -0.39 is 18.9 Å². The van der Waals surface area contributed by atoms with Gasteiger partial charge in [-0.15, -0.1) is 0 Å². The summed E-state index contributed by atoms with van der Waals surface area (Å²) in [4.78, 5) is 16.2. The number of anilines is 1. The fraction of sp³-hybridized carbons (Fsp3) is 0.231. The summed E-state index contributed by atoms with van der Waals surface area (Å²) in [6.07, 6.45) is -2.51. The molecule has 1 aromatic carbocycles. The second kappa shape index (κ2) is 5.17. The molecule has 1 N–H and O–H groups in total. The van der Waals surface area contributed by atoms with E-state index in [1.54, 1.807) is 24.3 Å². The molecule has 0 fully saturated rings. The maximum absolute atomic E-state index is 12.4. The van der Waals surface area contributed by atoms with Crippen LogP contribution in [0.2, 0.25) is 0 Å². The van der Waals surface area contributed by atoms with E-state index in [0.717, 1.165) is 0 Å². The highest BCUT2D eigenvalue weighted by molar-refractivity contribution is 5.97. The van der Waals surface area contributed by atoms with Gasteiger partial charge in [0.15, 0.2) is 5.69 Å². The van der Waals surface area contributed by atoms with Gasteiger partial charge in [0.2, 0.25) is 0 Å². The van der Waals surface area contributed by atoms with Crippen LogP contribution >= 0.6 is 0 Å². The van der Waals surface area contributed by atoms with Crippen molar-refractivity contribution in [3.05, 3.63) is 36.0 Å². The van der Waals surface area contributed by atoms with Crippen LogP contribution in [-0.4, -0.2) is 36.1 Å². The summed E-state index contributed by atoms with van der Waals surface area (Å²) >= 11 is 0. The lowest BCUT2D eigenvalue weighted by molar-refractivity contribution is 0.0691. The number of carbonyl (C=O) groups is 1. The van der Waals surface area contributed by atoms with Crippen LogP contribution in [0.4, 0.5) is 14.6 Å². The molecule has 0 radical (unpaired) electrons. The smallest absolute Gasteiger partial charge is 0.354 e. The SMILES string of the molecule is CN(CC(F)F)c1nc(C(=O)O)cc2ccccc12. The predicted molar refractivity (Wildman–Crippen MR) is 68.0 cm³/mol. The Morgan fingerprint density at radius 2 is 2.11 bits per heavy atom. The molecule has 6 heteroatoms. The van der Waals surface area contributed by atoms with Crippen molar-refractivity contribution in [2.75, 3.05) is 18.5 Å².